The first kappa shape index (κ1) is 14.7. The number of amides is 1. The molecule has 1 aromatic carbocycles. The molecule has 5 nitrogen and oxygen atoms in total. The Morgan fingerprint density at radius 2 is 2.10 bits per heavy atom. The summed E-state index contributed by atoms with van der Waals surface area (Å²) in [6.45, 7) is 4.50. The van der Waals surface area contributed by atoms with E-state index < -0.39 is 0 Å². The number of methoxy groups -OCH3 is 2. The van der Waals surface area contributed by atoms with E-state index in [1.54, 1.807) is 14.2 Å². The Hall–Kier alpha value is -1.75. The van der Waals surface area contributed by atoms with Gasteiger partial charge in [-0.25, -0.2) is 0 Å². The van der Waals surface area contributed by atoms with Gasteiger partial charge in [-0.3, -0.25) is 4.79 Å². The van der Waals surface area contributed by atoms with Gasteiger partial charge in [0.1, 0.15) is 0 Å². The summed E-state index contributed by atoms with van der Waals surface area (Å²) in [5.41, 5.74) is 0.943. The van der Waals surface area contributed by atoms with E-state index in [0.717, 1.165) is 25.2 Å². The molecule has 1 aromatic rings. The molecule has 0 saturated carbocycles. The van der Waals surface area contributed by atoms with E-state index in [0.29, 0.717) is 24.0 Å². The van der Waals surface area contributed by atoms with Gasteiger partial charge in [0.05, 0.1) is 20.6 Å². The van der Waals surface area contributed by atoms with E-state index in [1.807, 2.05) is 23.1 Å². The summed E-state index contributed by atoms with van der Waals surface area (Å²) in [6.07, 6.45) is 0.396. The first-order chi connectivity index (χ1) is 9.63. The number of nitrogens with one attached hydrogen (secondary N) is 1. The van der Waals surface area contributed by atoms with Crippen LogP contribution in [0.2, 0.25) is 0 Å². The molecule has 1 atom stereocenters. The molecule has 2 rings (SSSR count). The van der Waals surface area contributed by atoms with Crippen LogP contribution in [0.1, 0.15) is 12.5 Å². The zero-order chi connectivity index (χ0) is 14.5. The van der Waals surface area contributed by atoms with E-state index in [2.05, 4.69) is 12.2 Å². The highest BCUT2D eigenvalue weighted by molar-refractivity contribution is 5.79. The van der Waals surface area contributed by atoms with Gasteiger partial charge < -0.3 is 19.7 Å². The molecule has 1 saturated heterocycles. The molecule has 0 radical (unpaired) electrons. The van der Waals surface area contributed by atoms with Gasteiger partial charge in [-0.1, -0.05) is 6.07 Å². The Labute approximate surface area is 119 Å². The second-order valence-electron chi connectivity index (χ2n) is 5.06. The molecule has 1 N–H and O–H groups in total. The van der Waals surface area contributed by atoms with Gasteiger partial charge in [-0.2, -0.15) is 0 Å². The van der Waals surface area contributed by atoms with Crippen LogP contribution >= 0.6 is 0 Å². The van der Waals surface area contributed by atoms with Gasteiger partial charge >= 0.3 is 0 Å². The standard InChI is InChI=1S/C15H22N2O3/c1-11-10-17(7-6-16-11)15(18)9-12-4-5-13(19-2)14(8-12)20-3/h4-5,8,11,16H,6-7,9-10H2,1-3H3/t11-/m0/s1. The number of hydrogen-bond acceptors (Lipinski definition) is 4. The molecule has 0 aromatic heterocycles. The molecular formula is C15H22N2O3. The van der Waals surface area contributed by atoms with Gasteiger partial charge in [0.2, 0.25) is 5.91 Å². The van der Waals surface area contributed by atoms with Crippen molar-refractivity contribution < 1.29 is 14.3 Å². The summed E-state index contributed by atoms with van der Waals surface area (Å²) >= 11 is 0. The minimum Gasteiger partial charge on any atom is -0.493 e. The van der Waals surface area contributed by atoms with Crippen LogP contribution < -0.4 is 14.8 Å². The van der Waals surface area contributed by atoms with Crippen LogP contribution in [0, 0.1) is 0 Å². The molecule has 1 aliphatic heterocycles. The summed E-state index contributed by atoms with van der Waals surface area (Å²) < 4.78 is 10.5. The molecule has 0 aliphatic carbocycles. The lowest BCUT2D eigenvalue weighted by Gasteiger charge is -2.32. The number of carbonyl (C=O) groups is 1. The lowest BCUT2D eigenvalue weighted by molar-refractivity contribution is -0.131. The van der Waals surface area contributed by atoms with Crippen molar-refractivity contribution in [2.75, 3.05) is 33.9 Å². The number of rotatable bonds is 4. The zero-order valence-electron chi connectivity index (χ0n) is 12.3. The minimum atomic E-state index is 0.158. The average Bonchev–Trinajstić information content (AvgIpc) is 2.47. The summed E-state index contributed by atoms with van der Waals surface area (Å²) in [5.74, 6) is 1.50. The molecular weight excluding hydrogens is 256 g/mol. The van der Waals surface area contributed by atoms with E-state index in [1.165, 1.54) is 0 Å². The summed E-state index contributed by atoms with van der Waals surface area (Å²) in [4.78, 5) is 14.2. The highest BCUT2D eigenvalue weighted by atomic mass is 16.5. The lowest BCUT2D eigenvalue weighted by atomic mass is 10.1. The Balaban J connectivity index is 2.03. The fourth-order valence-electron chi connectivity index (χ4n) is 2.44. The van der Waals surface area contributed by atoms with Crippen molar-refractivity contribution in [2.24, 2.45) is 0 Å². The van der Waals surface area contributed by atoms with Crippen LogP contribution in [0.5, 0.6) is 11.5 Å². The Bertz CT molecular complexity index is 476. The van der Waals surface area contributed by atoms with Crippen molar-refractivity contribution in [1.82, 2.24) is 10.2 Å². The molecule has 1 fully saturated rings. The Morgan fingerprint density at radius 1 is 1.35 bits per heavy atom. The third-order valence-electron chi connectivity index (χ3n) is 3.52. The monoisotopic (exact) mass is 278 g/mol. The third kappa shape index (κ3) is 3.42. The fourth-order valence-corrected chi connectivity index (χ4v) is 2.44. The second-order valence-corrected chi connectivity index (χ2v) is 5.06. The molecule has 0 bridgehead atoms. The molecule has 0 unspecified atom stereocenters. The van der Waals surface area contributed by atoms with Crippen molar-refractivity contribution in [3.8, 4) is 11.5 Å². The maximum Gasteiger partial charge on any atom is 0.227 e. The Kier molecular flexibility index (Phi) is 4.84. The van der Waals surface area contributed by atoms with Crippen LogP contribution in [0.4, 0.5) is 0 Å². The number of hydrogen-bond donors (Lipinski definition) is 1. The van der Waals surface area contributed by atoms with Crippen LogP contribution in [0.25, 0.3) is 0 Å². The van der Waals surface area contributed by atoms with Gasteiger partial charge in [0.15, 0.2) is 11.5 Å². The minimum absolute atomic E-state index is 0.158. The van der Waals surface area contributed by atoms with Crippen LogP contribution in [0.15, 0.2) is 18.2 Å². The quantitative estimate of drug-likeness (QED) is 0.895. The lowest BCUT2D eigenvalue weighted by Crippen LogP contribution is -2.51. The molecule has 1 heterocycles. The fraction of sp³-hybridized carbons (Fsp3) is 0.533. The third-order valence-corrected chi connectivity index (χ3v) is 3.52. The van der Waals surface area contributed by atoms with Gasteiger partial charge in [0, 0.05) is 25.7 Å². The Morgan fingerprint density at radius 3 is 2.75 bits per heavy atom. The average molecular weight is 278 g/mol. The predicted molar refractivity (Wildman–Crippen MR) is 77.3 cm³/mol. The topological polar surface area (TPSA) is 50.8 Å². The van der Waals surface area contributed by atoms with Gasteiger partial charge in [0.25, 0.3) is 0 Å². The van der Waals surface area contributed by atoms with E-state index in [9.17, 15) is 4.79 Å². The largest absolute Gasteiger partial charge is 0.493 e. The first-order valence-electron chi connectivity index (χ1n) is 6.86. The van der Waals surface area contributed by atoms with Gasteiger partial charge in [-0.15, -0.1) is 0 Å². The second kappa shape index (κ2) is 6.61. The van der Waals surface area contributed by atoms with Crippen LogP contribution in [-0.2, 0) is 11.2 Å². The van der Waals surface area contributed by atoms with E-state index in [4.69, 9.17) is 9.47 Å². The van der Waals surface area contributed by atoms with Crippen molar-refractivity contribution in [1.29, 1.82) is 0 Å². The maximum atomic E-state index is 12.3. The molecule has 0 spiro atoms. The predicted octanol–water partition coefficient (Wildman–Crippen LogP) is 1.07. The smallest absolute Gasteiger partial charge is 0.227 e. The summed E-state index contributed by atoms with van der Waals surface area (Å²) in [7, 11) is 3.20. The van der Waals surface area contributed by atoms with E-state index >= 15 is 0 Å². The maximum absolute atomic E-state index is 12.3. The number of benzene rings is 1. The van der Waals surface area contributed by atoms with Crippen LogP contribution in [-0.4, -0.2) is 50.7 Å². The van der Waals surface area contributed by atoms with Crippen molar-refractivity contribution in [2.45, 2.75) is 19.4 Å². The van der Waals surface area contributed by atoms with Gasteiger partial charge in [-0.05, 0) is 24.6 Å². The highest BCUT2D eigenvalue weighted by Gasteiger charge is 2.20. The molecule has 5 heteroatoms. The van der Waals surface area contributed by atoms with Crippen LogP contribution in [0.3, 0.4) is 0 Å². The number of ether oxygens (including phenoxy) is 2. The molecule has 1 amide bonds. The summed E-state index contributed by atoms with van der Waals surface area (Å²) in [5, 5.41) is 3.33. The number of nitrogens with zero attached hydrogens (tertiary/aromatic N) is 1. The molecule has 110 valence electrons. The van der Waals surface area contributed by atoms with Crippen molar-refractivity contribution in [3.05, 3.63) is 23.8 Å². The summed E-state index contributed by atoms with van der Waals surface area (Å²) in [6, 6.07) is 5.97. The van der Waals surface area contributed by atoms with E-state index in [-0.39, 0.29) is 5.91 Å². The first-order valence-corrected chi connectivity index (χ1v) is 6.86. The van der Waals surface area contributed by atoms with Crippen molar-refractivity contribution >= 4 is 5.91 Å². The van der Waals surface area contributed by atoms with Crippen molar-refractivity contribution in [3.63, 3.8) is 0 Å². The zero-order valence-corrected chi connectivity index (χ0v) is 12.3. The number of piperazine rings is 1. The SMILES string of the molecule is COc1ccc(CC(=O)N2CCN[C@@H](C)C2)cc1OC. The normalized spacial score (nSPS) is 18.8. The highest BCUT2D eigenvalue weighted by Crippen LogP contribution is 2.27. The molecule has 1 aliphatic rings. The molecule has 20 heavy (non-hydrogen) atoms. The number of carbonyl (C=O) groups excluding carboxylic acids is 1.